The zero-order valence-electron chi connectivity index (χ0n) is 14.7. The van der Waals surface area contributed by atoms with Crippen molar-refractivity contribution < 1.29 is 4.52 Å². The Kier molecular flexibility index (Phi) is 3.69. The first-order chi connectivity index (χ1) is 12.8. The third kappa shape index (κ3) is 2.85. The SMILES string of the molecule is Cc1ccc(-n2nnnc2N2CCC(c3noc(C4CC4)n3)CC2)cc1. The molecule has 0 spiro atoms. The van der Waals surface area contributed by atoms with Crippen LogP contribution >= 0.6 is 0 Å². The van der Waals surface area contributed by atoms with Gasteiger partial charge in [-0.1, -0.05) is 28.0 Å². The molecule has 1 saturated carbocycles. The number of rotatable bonds is 4. The third-order valence-corrected chi connectivity index (χ3v) is 5.26. The van der Waals surface area contributed by atoms with Crippen molar-refractivity contribution in [2.24, 2.45) is 0 Å². The molecule has 1 aliphatic heterocycles. The van der Waals surface area contributed by atoms with E-state index in [0.29, 0.717) is 11.8 Å². The predicted octanol–water partition coefficient (Wildman–Crippen LogP) is 2.62. The number of anilines is 1. The Morgan fingerprint density at radius 3 is 2.50 bits per heavy atom. The Labute approximate surface area is 151 Å². The molecule has 3 heterocycles. The highest BCUT2D eigenvalue weighted by Gasteiger charge is 2.32. The van der Waals surface area contributed by atoms with Gasteiger partial charge in [-0.2, -0.15) is 9.67 Å². The highest BCUT2D eigenvalue weighted by atomic mass is 16.5. The van der Waals surface area contributed by atoms with Crippen LogP contribution in [0.5, 0.6) is 0 Å². The van der Waals surface area contributed by atoms with Crippen LogP contribution in [0.3, 0.4) is 0 Å². The number of nitrogens with zero attached hydrogens (tertiary/aromatic N) is 7. The van der Waals surface area contributed by atoms with E-state index in [-0.39, 0.29) is 0 Å². The van der Waals surface area contributed by atoms with Gasteiger partial charge in [-0.15, -0.1) is 0 Å². The lowest BCUT2D eigenvalue weighted by molar-refractivity contribution is 0.364. The topological polar surface area (TPSA) is 85.8 Å². The van der Waals surface area contributed by atoms with E-state index in [9.17, 15) is 0 Å². The summed E-state index contributed by atoms with van der Waals surface area (Å²) in [5, 5.41) is 16.5. The normalized spacial score (nSPS) is 18.4. The number of benzene rings is 1. The highest BCUT2D eigenvalue weighted by Crippen LogP contribution is 2.40. The van der Waals surface area contributed by atoms with Crippen molar-refractivity contribution in [3.63, 3.8) is 0 Å². The summed E-state index contributed by atoms with van der Waals surface area (Å²) in [6.07, 6.45) is 4.32. The summed E-state index contributed by atoms with van der Waals surface area (Å²) in [6, 6.07) is 8.22. The Morgan fingerprint density at radius 1 is 1.00 bits per heavy atom. The lowest BCUT2D eigenvalue weighted by atomic mass is 9.96. The van der Waals surface area contributed by atoms with Crippen molar-refractivity contribution in [1.29, 1.82) is 0 Å². The first kappa shape index (κ1) is 15.5. The van der Waals surface area contributed by atoms with Crippen LogP contribution < -0.4 is 4.90 Å². The Morgan fingerprint density at radius 2 is 1.77 bits per heavy atom. The lowest BCUT2D eigenvalue weighted by Crippen LogP contribution is -2.35. The van der Waals surface area contributed by atoms with E-state index in [1.807, 2.05) is 12.1 Å². The third-order valence-electron chi connectivity index (χ3n) is 5.26. The lowest BCUT2D eigenvalue weighted by Gasteiger charge is -2.30. The average Bonchev–Trinajstić information content (AvgIpc) is 3.20. The average molecular weight is 351 g/mol. The van der Waals surface area contributed by atoms with Gasteiger partial charge in [0.05, 0.1) is 5.69 Å². The molecule has 1 saturated heterocycles. The first-order valence-corrected chi connectivity index (χ1v) is 9.22. The standard InChI is InChI=1S/C18H21N7O/c1-12-2-6-15(7-3-12)25-18(20-22-23-25)24-10-8-13(9-11-24)16-19-17(26-21-16)14-4-5-14/h2-3,6-7,13-14H,4-5,8-11H2,1H3. The van der Waals surface area contributed by atoms with Crippen LogP contribution in [0.2, 0.25) is 0 Å². The van der Waals surface area contributed by atoms with E-state index in [4.69, 9.17) is 4.52 Å². The van der Waals surface area contributed by atoms with Crippen LogP contribution in [0.25, 0.3) is 5.69 Å². The maximum absolute atomic E-state index is 5.42. The summed E-state index contributed by atoms with van der Waals surface area (Å²) >= 11 is 0. The van der Waals surface area contributed by atoms with Gasteiger partial charge in [-0.05, 0) is 55.2 Å². The van der Waals surface area contributed by atoms with Crippen LogP contribution in [0, 0.1) is 6.92 Å². The number of tetrazole rings is 1. The second kappa shape index (κ2) is 6.19. The fraction of sp³-hybridized carbons (Fsp3) is 0.500. The van der Waals surface area contributed by atoms with E-state index in [2.05, 4.69) is 49.6 Å². The first-order valence-electron chi connectivity index (χ1n) is 9.22. The van der Waals surface area contributed by atoms with Gasteiger partial charge in [0.2, 0.25) is 11.8 Å². The van der Waals surface area contributed by atoms with Crippen molar-refractivity contribution >= 4 is 5.95 Å². The molecule has 2 aliphatic rings. The molecule has 1 aliphatic carbocycles. The molecule has 0 amide bonds. The fourth-order valence-corrected chi connectivity index (χ4v) is 3.48. The number of aryl methyl sites for hydroxylation is 1. The number of aromatic nitrogens is 6. The van der Waals surface area contributed by atoms with Gasteiger partial charge < -0.3 is 9.42 Å². The van der Waals surface area contributed by atoms with E-state index < -0.39 is 0 Å². The summed E-state index contributed by atoms with van der Waals surface area (Å²) in [5.41, 5.74) is 2.19. The van der Waals surface area contributed by atoms with E-state index in [0.717, 1.165) is 49.3 Å². The minimum Gasteiger partial charge on any atom is -0.339 e. The number of hydrogen-bond acceptors (Lipinski definition) is 7. The fourth-order valence-electron chi connectivity index (χ4n) is 3.48. The molecule has 2 aromatic heterocycles. The quantitative estimate of drug-likeness (QED) is 0.714. The molecule has 26 heavy (non-hydrogen) atoms. The van der Waals surface area contributed by atoms with E-state index >= 15 is 0 Å². The van der Waals surface area contributed by atoms with Gasteiger partial charge in [0, 0.05) is 24.9 Å². The summed E-state index contributed by atoms with van der Waals surface area (Å²) in [6.45, 7) is 3.83. The second-order valence-electron chi connectivity index (χ2n) is 7.25. The van der Waals surface area contributed by atoms with Gasteiger partial charge in [0.1, 0.15) is 0 Å². The van der Waals surface area contributed by atoms with Gasteiger partial charge >= 0.3 is 0 Å². The summed E-state index contributed by atoms with van der Waals surface area (Å²) in [7, 11) is 0. The van der Waals surface area contributed by atoms with Crippen molar-refractivity contribution in [2.75, 3.05) is 18.0 Å². The zero-order valence-corrected chi connectivity index (χ0v) is 14.7. The van der Waals surface area contributed by atoms with Crippen LogP contribution in [0.1, 0.15) is 54.8 Å². The molecule has 3 aromatic rings. The van der Waals surface area contributed by atoms with Crippen molar-refractivity contribution in [3.05, 3.63) is 41.5 Å². The molecule has 2 fully saturated rings. The van der Waals surface area contributed by atoms with Crippen LogP contribution in [0.4, 0.5) is 5.95 Å². The molecule has 0 unspecified atom stereocenters. The summed E-state index contributed by atoms with van der Waals surface area (Å²) < 4.78 is 7.22. The van der Waals surface area contributed by atoms with Gasteiger partial charge in [-0.3, -0.25) is 0 Å². The maximum Gasteiger partial charge on any atom is 0.250 e. The van der Waals surface area contributed by atoms with Crippen LogP contribution in [-0.2, 0) is 0 Å². The largest absolute Gasteiger partial charge is 0.339 e. The molecule has 0 radical (unpaired) electrons. The molecule has 0 N–H and O–H groups in total. The molecule has 0 atom stereocenters. The summed E-state index contributed by atoms with van der Waals surface area (Å²) in [4.78, 5) is 6.85. The minimum absolute atomic E-state index is 0.353. The molecular formula is C18H21N7O. The zero-order chi connectivity index (χ0) is 17.5. The van der Waals surface area contributed by atoms with Crippen LogP contribution in [0.15, 0.2) is 28.8 Å². The summed E-state index contributed by atoms with van der Waals surface area (Å²) in [5.74, 6) is 3.34. The van der Waals surface area contributed by atoms with Crippen molar-refractivity contribution in [1.82, 2.24) is 30.3 Å². The Bertz CT molecular complexity index is 888. The Hall–Kier alpha value is -2.77. The minimum atomic E-state index is 0.353. The highest BCUT2D eigenvalue weighted by molar-refractivity contribution is 5.42. The monoisotopic (exact) mass is 351 g/mol. The van der Waals surface area contributed by atoms with E-state index in [1.54, 1.807) is 4.68 Å². The molecule has 8 nitrogen and oxygen atoms in total. The second-order valence-corrected chi connectivity index (χ2v) is 7.25. The predicted molar refractivity (Wildman–Crippen MR) is 94.4 cm³/mol. The molecule has 8 heteroatoms. The Balaban J connectivity index is 1.29. The van der Waals surface area contributed by atoms with E-state index in [1.165, 1.54) is 18.4 Å². The number of hydrogen-bond donors (Lipinski definition) is 0. The smallest absolute Gasteiger partial charge is 0.250 e. The van der Waals surface area contributed by atoms with Gasteiger partial charge in [0.15, 0.2) is 5.82 Å². The molecule has 134 valence electrons. The van der Waals surface area contributed by atoms with Gasteiger partial charge in [0.25, 0.3) is 0 Å². The maximum atomic E-state index is 5.42. The van der Waals surface area contributed by atoms with Crippen molar-refractivity contribution in [2.45, 2.75) is 44.4 Å². The number of piperidine rings is 1. The molecule has 0 bridgehead atoms. The molecular weight excluding hydrogens is 330 g/mol. The van der Waals surface area contributed by atoms with Crippen molar-refractivity contribution in [3.8, 4) is 5.69 Å². The molecule has 5 rings (SSSR count). The van der Waals surface area contributed by atoms with Gasteiger partial charge in [-0.25, -0.2) is 0 Å². The van der Waals surface area contributed by atoms with Crippen LogP contribution in [-0.4, -0.2) is 43.4 Å². The molecule has 1 aromatic carbocycles.